The van der Waals surface area contributed by atoms with E-state index >= 15 is 0 Å². The van der Waals surface area contributed by atoms with E-state index in [1.54, 1.807) is 7.11 Å². The van der Waals surface area contributed by atoms with Crippen LogP contribution in [0.15, 0.2) is 0 Å². The molecule has 0 saturated heterocycles. The van der Waals surface area contributed by atoms with E-state index in [2.05, 4.69) is 26.1 Å². The van der Waals surface area contributed by atoms with Gasteiger partial charge in [-0.1, -0.05) is 13.8 Å². The van der Waals surface area contributed by atoms with Gasteiger partial charge in [-0.3, -0.25) is 0 Å². The zero-order valence-corrected chi connectivity index (χ0v) is 8.68. The lowest BCUT2D eigenvalue weighted by Crippen LogP contribution is -2.32. The first kappa shape index (κ1) is 10.0. The molecule has 2 nitrogen and oxygen atoms in total. The lowest BCUT2D eigenvalue weighted by molar-refractivity contribution is 0.171. The molecule has 2 heteroatoms. The highest BCUT2D eigenvalue weighted by Crippen LogP contribution is 2.50. The van der Waals surface area contributed by atoms with Crippen molar-refractivity contribution in [2.45, 2.75) is 33.2 Å². The number of hydrogen-bond acceptors (Lipinski definition) is 2. The Morgan fingerprint density at radius 1 is 1.58 bits per heavy atom. The van der Waals surface area contributed by atoms with E-state index in [-0.39, 0.29) is 0 Å². The maximum absolute atomic E-state index is 5.05. The van der Waals surface area contributed by atoms with Gasteiger partial charge in [-0.15, -0.1) is 0 Å². The van der Waals surface area contributed by atoms with Gasteiger partial charge in [0.05, 0.1) is 6.61 Å². The highest BCUT2D eigenvalue weighted by molar-refractivity contribution is 4.96. The third-order valence-electron chi connectivity index (χ3n) is 2.85. The minimum Gasteiger partial charge on any atom is -0.383 e. The summed E-state index contributed by atoms with van der Waals surface area (Å²) in [5.41, 5.74) is 0.597. The summed E-state index contributed by atoms with van der Waals surface area (Å²) in [5.74, 6) is 0.886. The van der Waals surface area contributed by atoms with Crippen molar-refractivity contribution in [3.05, 3.63) is 0 Å². The maximum Gasteiger partial charge on any atom is 0.0613 e. The Balaban J connectivity index is 2.03. The van der Waals surface area contributed by atoms with Crippen LogP contribution in [0.3, 0.4) is 0 Å². The lowest BCUT2D eigenvalue weighted by Gasteiger charge is -2.12. The van der Waals surface area contributed by atoms with Crippen molar-refractivity contribution in [1.82, 2.24) is 5.32 Å². The predicted molar refractivity (Wildman–Crippen MR) is 51.2 cm³/mol. The molecule has 0 aromatic heterocycles. The van der Waals surface area contributed by atoms with Crippen molar-refractivity contribution >= 4 is 0 Å². The van der Waals surface area contributed by atoms with Crippen LogP contribution in [0.4, 0.5) is 0 Å². The first-order valence-electron chi connectivity index (χ1n) is 4.78. The fourth-order valence-electron chi connectivity index (χ4n) is 1.58. The zero-order chi connectivity index (χ0) is 9.19. The van der Waals surface area contributed by atoms with E-state index in [1.807, 2.05) is 0 Å². The second kappa shape index (κ2) is 3.75. The molecular weight excluding hydrogens is 150 g/mol. The van der Waals surface area contributed by atoms with Crippen molar-refractivity contribution in [1.29, 1.82) is 0 Å². The van der Waals surface area contributed by atoms with Crippen molar-refractivity contribution in [3.8, 4) is 0 Å². The van der Waals surface area contributed by atoms with Gasteiger partial charge < -0.3 is 10.1 Å². The minimum atomic E-state index is 0.492. The topological polar surface area (TPSA) is 21.3 Å². The number of hydrogen-bond donors (Lipinski definition) is 1. The molecule has 2 atom stereocenters. The van der Waals surface area contributed by atoms with Crippen LogP contribution in [-0.4, -0.2) is 26.3 Å². The Kier molecular flexibility index (Phi) is 3.13. The summed E-state index contributed by atoms with van der Waals surface area (Å²) < 4.78 is 5.05. The molecule has 72 valence electrons. The molecule has 0 amide bonds. The second-order valence-corrected chi connectivity index (χ2v) is 4.65. The molecule has 1 aliphatic carbocycles. The van der Waals surface area contributed by atoms with Gasteiger partial charge in [0, 0.05) is 13.2 Å². The van der Waals surface area contributed by atoms with Gasteiger partial charge in [-0.2, -0.15) is 0 Å². The molecule has 1 saturated carbocycles. The van der Waals surface area contributed by atoms with Gasteiger partial charge in [0.1, 0.15) is 0 Å². The third-order valence-corrected chi connectivity index (χ3v) is 2.85. The van der Waals surface area contributed by atoms with E-state index in [0.29, 0.717) is 11.5 Å². The normalized spacial score (nSPS) is 28.5. The van der Waals surface area contributed by atoms with E-state index in [4.69, 9.17) is 4.74 Å². The summed E-state index contributed by atoms with van der Waals surface area (Å²) >= 11 is 0. The molecule has 0 aromatic rings. The van der Waals surface area contributed by atoms with Crippen LogP contribution < -0.4 is 5.32 Å². The minimum absolute atomic E-state index is 0.492. The van der Waals surface area contributed by atoms with E-state index in [1.165, 1.54) is 6.42 Å². The number of nitrogens with one attached hydrogen (secondary N) is 1. The first-order chi connectivity index (χ1) is 5.56. The van der Waals surface area contributed by atoms with Gasteiger partial charge in [-0.25, -0.2) is 0 Å². The van der Waals surface area contributed by atoms with Gasteiger partial charge >= 0.3 is 0 Å². The Bertz CT molecular complexity index is 145. The molecule has 1 rings (SSSR count). The van der Waals surface area contributed by atoms with Crippen LogP contribution in [-0.2, 0) is 4.74 Å². The molecule has 12 heavy (non-hydrogen) atoms. The summed E-state index contributed by atoms with van der Waals surface area (Å²) in [6, 6.07) is 0.492. The van der Waals surface area contributed by atoms with E-state index in [0.717, 1.165) is 19.1 Å². The third kappa shape index (κ3) is 2.76. The van der Waals surface area contributed by atoms with Crippen LogP contribution in [0.1, 0.15) is 27.2 Å². The largest absolute Gasteiger partial charge is 0.383 e. The lowest BCUT2D eigenvalue weighted by atomic mass is 10.1. The standard InChI is InChI=1S/C10H21NO/c1-8(7-12-4)11-6-9-5-10(9,2)3/h8-9,11H,5-7H2,1-4H3. The second-order valence-electron chi connectivity index (χ2n) is 4.65. The van der Waals surface area contributed by atoms with E-state index in [9.17, 15) is 0 Å². The summed E-state index contributed by atoms with van der Waals surface area (Å²) in [7, 11) is 1.75. The molecule has 0 bridgehead atoms. The quantitative estimate of drug-likeness (QED) is 0.679. The Morgan fingerprint density at radius 3 is 2.58 bits per heavy atom. The van der Waals surface area contributed by atoms with Gasteiger partial charge in [0.15, 0.2) is 0 Å². The van der Waals surface area contributed by atoms with Crippen LogP contribution in [0, 0.1) is 11.3 Å². The average molecular weight is 171 g/mol. The van der Waals surface area contributed by atoms with Crippen molar-refractivity contribution < 1.29 is 4.74 Å². The van der Waals surface area contributed by atoms with E-state index < -0.39 is 0 Å². The molecule has 1 fully saturated rings. The molecule has 0 aromatic carbocycles. The van der Waals surface area contributed by atoms with Crippen molar-refractivity contribution in [2.24, 2.45) is 11.3 Å². The van der Waals surface area contributed by atoms with Gasteiger partial charge in [0.2, 0.25) is 0 Å². The molecular formula is C10H21NO. The van der Waals surface area contributed by atoms with Crippen molar-refractivity contribution in [2.75, 3.05) is 20.3 Å². The summed E-state index contributed by atoms with van der Waals surface area (Å²) in [6.07, 6.45) is 1.37. The summed E-state index contributed by atoms with van der Waals surface area (Å²) in [6.45, 7) is 8.80. The smallest absolute Gasteiger partial charge is 0.0613 e. The Hall–Kier alpha value is -0.0800. The molecule has 0 heterocycles. The highest BCUT2D eigenvalue weighted by atomic mass is 16.5. The molecule has 0 aliphatic heterocycles. The average Bonchev–Trinajstić information content (AvgIpc) is 2.56. The SMILES string of the molecule is COCC(C)NCC1CC1(C)C. The van der Waals surface area contributed by atoms with Crippen LogP contribution >= 0.6 is 0 Å². The molecule has 1 aliphatic rings. The molecule has 2 unspecified atom stereocenters. The highest BCUT2D eigenvalue weighted by Gasteiger charge is 2.44. The van der Waals surface area contributed by atoms with Gasteiger partial charge in [0.25, 0.3) is 0 Å². The van der Waals surface area contributed by atoms with Crippen LogP contribution in [0.2, 0.25) is 0 Å². The predicted octanol–water partition coefficient (Wildman–Crippen LogP) is 1.66. The van der Waals surface area contributed by atoms with Crippen molar-refractivity contribution in [3.63, 3.8) is 0 Å². The molecule has 0 spiro atoms. The fourth-order valence-corrected chi connectivity index (χ4v) is 1.58. The van der Waals surface area contributed by atoms with Crippen LogP contribution in [0.25, 0.3) is 0 Å². The first-order valence-corrected chi connectivity index (χ1v) is 4.78. The number of methoxy groups -OCH3 is 1. The molecule has 0 radical (unpaired) electrons. The monoisotopic (exact) mass is 171 g/mol. The maximum atomic E-state index is 5.05. The zero-order valence-electron chi connectivity index (χ0n) is 8.68. The number of ether oxygens (including phenoxy) is 1. The summed E-state index contributed by atoms with van der Waals surface area (Å²) in [4.78, 5) is 0. The number of rotatable bonds is 5. The molecule has 1 N–H and O–H groups in total. The Labute approximate surface area is 75.7 Å². The fraction of sp³-hybridized carbons (Fsp3) is 1.00. The van der Waals surface area contributed by atoms with Gasteiger partial charge in [-0.05, 0) is 31.2 Å². The Morgan fingerprint density at radius 2 is 2.17 bits per heavy atom. The summed E-state index contributed by atoms with van der Waals surface area (Å²) in [5, 5.41) is 3.48. The van der Waals surface area contributed by atoms with Crippen LogP contribution in [0.5, 0.6) is 0 Å².